The van der Waals surface area contributed by atoms with Crippen molar-refractivity contribution in [2.24, 2.45) is 0 Å². The Morgan fingerprint density at radius 3 is 2.79 bits per heavy atom. The molecule has 3 heterocycles. The van der Waals surface area contributed by atoms with E-state index < -0.39 is 0 Å². The van der Waals surface area contributed by atoms with Crippen LogP contribution in [0.4, 0.5) is 5.13 Å². The molecule has 3 rings (SSSR count). The lowest BCUT2D eigenvalue weighted by molar-refractivity contribution is 0.0604. The maximum Gasteiger partial charge on any atom is 0.350 e. The number of rotatable bonds is 4. The standard InChI is InChI=1S/C16H19N3O4S/c1-10-13(15(21)22-2)24-16(17-10)18-11-5-7-19(8-6-11)14(20)12-4-3-9-23-12/h3-4,9,11H,5-8H2,1-2H3,(H,17,18). The number of methoxy groups -OCH3 is 1. The number of piperidine rings is 1. The smallest absolute Gasteiger partial charge is 0.350 e. The molecular weight excluding hydrogens is 330 g/mol. The summed E-state index contributed by atoms with van der Waals surface area (Å²) in [7, 11) is 1.36. The molecule has 0 unspecified atom stereocenters. The highest BCUT2D eigenvalue weighted by Crippen LogP contribution is 2.26. The van der Waals surface area contributed by atoms with Gasteiger partial charge < -0.3 is 19.4 Å². The van der Waals surface area contributed by atoms with Gasteiger partial charge in [-0.2, -0.15) is 0 Å². The number of aryl methyl sites for hydroxylation is 1. The third-order valence-corrected chi connectivity index (χ3v) is 5.08. The summed E-state index contributed by atoms with van der Waals surface area (Å²) >= 11 is 1.30. The normalized spacial score (nSPS) is 15.3. The Hall–Kier alpha value is -2.35. The van der Waals surface area contributed by atoms with Crippen LogP contribution in [0, 0.1) is 6.92 Å². The van der Waals surface area contributed by atoms with E-state index in [-0.39, 0.29) is 17.9 Å². The number of likely N-dealkylation sites (tertiary alicyclic amines) is 1. The molecule has 0 aromatic carbocycles. The van der Waals surface area contributed by atoms with Gasteiger partial charge in [0.15, 0.2) is 10.9 Å². The van der Waals surface area contributed by atoms with Crippen LogP contribution in [0.25, 0.3) is 0 Å². The highest BCUT2D eigenvalue weighted by Gasteiger charge is 2.26. The monoisotopic (exact) mass is 349 g/mol. The zero-order valence-corrected chi connectivity index (χ0v) is 14.4. The number of nitrogens with zero attached hydrogens (tertiary/aromatic N) is 2. The maximum absolute atomic E-state index is 12.2. The lowest BCUT2D eigenvalue weighted by atomic mass is 10.1. The second-order valence-corrected chi connectivity index (χ2v) is 6.61. The molecule has 0 atom stereocenters. The molecule has 1 fully saturated rings. The highest BCUT2D eigenvalue weighted by atomic mass is 32.1. The molecule has 7 nitrogen and oxygen atoms in total. The van der Waals surface area contributed by atoms with Gasteiger partial charge in [0.25, 0.3) is 5.91 Å². The Balaban J connectivity index is 1.56. The van der Waals surface area contributed by atoms with Crippen LogP contribution in [0.15, 0.2) is 22.8 Å². The summed E-state index contributed by atoms with van der Waals surface area (Å²) in [5.74, 6) is -0.0619. The quantitative estimate of drug-likeness (QED) is 0.854. The Bertz CT molecular complexity index is 718. The van der Waals surface area contributed by atoms with Crippen molar-refractivity contribution in [2.45, 2.75) is 25.8 Å². The molecule has 1 amide bonds. The molecule has 0 spiro atoms. The molecule has 0 saturated carbocycles. The fraction of sp³-hybridized carbons (Fsp3) is 0.438. The molecule has 1 aliphatic rings. The second kappa shape index (κ2) is 7.04. The predicted molar refractivity (Wildman–Crippen MR) is 89.4 cm³/mol. The molecule has 1 saturated heterocycles. The number of amides is 1. The third-order valence-electron chi connectivity index (χ3n) is 4.01. The summed E-state index contributed by atoms with van der Waals surface area (Å²) in [6.07, 6.45) is 3.14. The molecule has 8 heteroatoms. The molecule has 0 aliphatic carbocycles. The molecule has 0 bridgehead atoms. The van der Waals surface area contributed by atoms with E-state index in [1.165, 1.54) is 24.7 Å². The fourth-order valence-electron chi connectivity index (χ4n) is 2.70. The van der Waals surface area contributed by atoms with Gasteiger partial charge in [0.1, 0.15) is 4.88 Å². The van der Waals surface area contributed by atoms with Crippen LogP contribution < -0.4 is 5.32 Å². The number of carbonyl (C=O) groups is 2. The fourth-order valence-corrected chi connectivity index (χ4v) is 3.66. The van der Waals surface area contributed by atoms with Crippen LogP contribution in [0.1, 0.15) is 38.8 Å². The van der Waals surface area contributed by atoms with Crippen molar-refractivity contribution in [1.82, 2.24) is 9.88 Å². The van der Waals surface area contributed by atoms with E-state index in [4.69, 9.17) is 9.15 Å². The van der Waals surface area contributed by atoms with E-state index in [0.717, 1.165) is 12.8 Å². The van der Waals surface area contributed by atoms with E-state index in [2.05, 4.69) is 10.3 Å². The third kappa shape index (κ3) is 3.43. The zero-order chi connectivity index (χ0) is 17.1. The zero-order valence-electron chi connectivity index (χ0n) is 13.6. The Labute approximate surface area is 143 Å². The number of anilines is 1. The number of hydrogen-bond acceptors (Lipinski definition) is 7. The van der Waals surface area contributed by atoms with Crippen LogP contribution in [-0.2, 0) is 4.74 Å². The lowest BCUT2D eigenvalue weighted by Gasteiger charge is -2.31. The molecule has 0 radical (unpaired) electrons. The van der Waals surface area contributed by atoms with E-state index in [0.29, 0.717) is 34.6 Å². The summed E-state index contributed by atoms with van der Waals surface area (Å²) < 4.78 is 9.91. The number of furan rings is 1. The number of nitrogens with one attached hydrogen (secondary N) is 1. The summed E-state index contributed by atoms with van der Waals surface area (Å²) in [6.45, 7) is 3.11. The molecule has 24 heavy (non-hydrogen) atoms. The second-order valence-electron chi connectivity index (χ2n) is 5.61. The van der Waals surface area contributed by atoms with Crippen LogP contribution in [0.3, 0.4) is 0 Å². The number of esters is 1. The van der Waals surface area contributed by atoms with Crippen molar-refractivity contribution < 1.29 is 18.7 Å². The number of ether oxygens (including phenoxy) is 1. The minimum atomic E-state index is -0.364. The topological polar surface area (TPSA) is 84.7 Å². The summed E-state index contributed by atoms with van der Waals surface area (Å²) in [6, 6.07) is 3.62. The van der Waals surface area contributed by atoms with Gasteiger partial charge in [0.2, 0.25) is 0 Å². The molecule has 1 N–H and O–H groups in total. The van der Waals surface area contributed by atoms with Gasteiger partial charge in [-0.25, -0.2) is 9.78 Å². The lowest BCUT2D eigenvalue weighted by Crippen LogP contribution is -2.42. The van der Waals surface area contributed by atoms with Crippen molar-refractivity contribution in [3.05, 3.63) is 34.7 Å². The molecule has 128 valence electrons. The SMILES string of the molecule is COC(=O)c1sc(NC2CCN(C(=O)c3ccco3)CC2)nc1C. The summed E-state index contributed by atoms with van der Waals surface area (Å²) in [5.41, 5.74) is 0.666. The van der Waals surface area contributed by atoms with Gasteiger partial charge in [-0.15, -0.1) is 0 Å². The van der Waals surface area contributed by atoms with Gasteiger partial charge in [-0.1, -0.05) is 11.3 Å². The van der Waals surface area contributed by atoms with E-state index in [1.54, 1.807) is 24.0 Å². The van der Waals surface area contributed by atoms with Gasteiger partial charge >= 0.3 is 5.97 Å². The largest absolute Gasteiger partial charge is 0.465 e. The van der Waals surface area contributed by atoms with Crippen LogP contribution in [0.2, 0.25) is 0 Å². The average molecular weight is 349 g/mol. The Morgan fingerprint density at radius 1 is 1.42 bits per heavy atom. The molecule has 2 aromatic rings. The predicted octanol–water partition coefficient (Wildman–Crippen LogP) is 2.55. The first-order valence-electron chi connectivity index (χ1n) is 7.73. The molecule has 1 aliphatic heterocycles. The van der Waals surface area contributed by atoms with Crippen LogP contribution in [0.5, 0.6) is 0 Å². The van der Waals surface area contributed by atoms with E-state index in [1.807, 2.05) is 0 Å². The summed E-state index contributed by atoms with van der Waals surface area (Å²) in [5, 5.41) is 4.07. The van der Waals surface area contributed by atoms with Crippen molar-refractivity contribution in [3.63, 3.8) is 0 Å². The van der Waals surface area contributed by atoms with Gasteiger partial charge in [-0.3, -0.25) is 4.79 Å². The number of hydrogen-bond donors (Lipinski definition) is 1. The van der Waals surface area contributed by atoms with Crippen LogP contribution in [-0.4, -0.2) is 48.0 Å². The van der Waals surface area contributed by atoms with Gasteiger partial charge in [-0.05, 0) is 31.9 Å². The first kappa shape index (κ1) is 16.5. The highest BCUT2D eigenvalue weighted by molar-refractivity contribution is 7.17. The molecule has 2 aromatic heterocycles. The Kier molecular flexibility index (Phi) is 4.84. The average Bonchev–Trinajstić information content (AvgIpc) is 3.24. The number of aromatic nitrogens is 1. The van der Waals surface area contributed by atoms with E-state index in [9.17, 15) is 9.59 Å². The minimum absolute atomic E-state index is 0.0727. The number of thiazole rings is 1. The first-order chi connectivity index (χ1) is 11.6. The summed E-state index contributed by atoms with van der Waals surface area (Å²) in [4.78, 5) is 30.6. The van der Waals surface area contributed by atoms with Crippen LogP contribution >= 0.6 is 11.3 Å². The first-order valence-corrected chi connectivity index (χ1v) is 8.55. The van der Waals surface area contributed by atoms with Crippen molar-refractivity contribution in [1.29, 1.82) is 0 Å². The van der Waals surface area contributed by atoms with Crippen molar-refractivity contribution >= 4 is 28.3 Å². The molecular formula is C16H19N3O4S. The van der Waals surface area contributed by atoms with Gasteiger partial charge in [0.05, 0.1) is 19.1 Å². The minimum Gasteiger partial charge on any atom is -0.465 e. The van der Waals surface area contributed by atoms with Crippen molar-refractivity contribution in [3.8, 4) is 0 Å². The number of carbonyl (C=O) groups excluding carboxylic acids is 2. The Morgan fingerprint density at radius 2 is 2.17 bits per heavy atom. The van der Waals surface area contributed by atoms with Gasteiger partial charge in [0, 0.05) is 19.1 Å². The van der Waals surface area contributed by atoms with E-state index >= 15 is 0 Å². The maximum atomic E-state index is 12.2. The van der Waals surface area contributed by atoms with Crippen molar-refractivity contribution in [2.75, 3.05) is 25.5 Å².